The Kier molecular flexibility index (Phi) is 2.84. The molecule has 0 radical (unpaired) electrons. The number of nitrogens with zero attached hydrogens (tertiary/aromatic N) is 1. The highest BCUT2D eigenvalue weighted by molar-refractivity contribution is 5.92. The van der Waals surface area contributed by atoms with Crippen LogP contribution in [0.15, 0.2) is 65.5 Å². The van der Waals surface area contributed by atoms with Crippen LogP contribution in [0.1, 0.15) is 10.5 Å². The van der Waals surface area contributed by atoms with Crippen molar-refractivity contribution in [2.75, 3.05) is 0 Å². The molecule has 20 heavy (non-hydrogen) atoms. The van der Waals surface area contributed by atoms with Gasteiger partial charge in [-0.1, -0.05) is 30.3 Å². The molecule has 3 rings (SSSR count). The first-order valence-electron chi connectivity index (χ1n) is 6.12. The molecule has 1 heterocycles. The number of hydrogen-bond acceptors (Lipinski definition) is 2. The third-order valence-electron chi connectivity index (χ3n) is 3.15. The molecule has 0 spiro atoms. The third-order valence-corrected chi connectivity index (χ3v) is 3.15. The van der Waals surface area contributed by atoms with Crippen molar-refractivity contribution in [2.45, 2.75) is 0 Å². The Labute approximate surface area is 114 Å². The first kappa shape index (κ1) is 12.2. The van der Waals surface area contributed by atoms with Gasteiger partial charge in [0.1, 0.15) is 5.69 Å². The zero-order valence-electron chi connectivity index (χ0n) is 10.5. The number of aromatic carboxylic acids is 1. The summed E-state index contributed by atoms with van der Waals surface area (Å²) in [7, 11) is 0. The summed E-state index contributed by atoms with van der Waals surface area (Å²) in [5.41, 5.74) is 0.967. The number of pyridine rings is 1. The van der Waals surface area contributed by atoms with Gasteiger partial charge in [-0.05, 0) is 24.3 Å². The summed E-state index contributed by atoms with van der Waals surface area (Å²) in [5.74, 6) is -1.13. The molecule has 0 aliphatic carbocycles. The Morgan fingerprint density at radius 3 is 2.30 bits per heavy atom. The Morgan fingerprint density at radius 1 is 0.950 bits per heavy atom. The lowest BCUT2D eigenvalue weighted by Gasteiger charge is -2.14. The van der Waals surface area contributed by atoms with Crippen LogP contribution < -0.4 is 5.43 Å². The lowest BCUT2D eigenvalue weighted by Crippen LogP contribution is -2.16. The molecule has 0 amide bonds. The molecule has 3 aromatic rings. The van der Waals surface area contributed by atoms with Gasteiger partial charge in [-0.3, -0.25) is 4.79 Å². The average Bonchev–Trinajstić information content (AvgIpc) is 2.48. The molecule has 0 unspecified atom stereocenters. The fourth-order valence-electron chi connectivity index (χ4n) is 2.29. The van der Waals surface area contributed by atoms with Crippen molar-refractivity contribution in [1.29, 1.82) is 0 Å². The molecule has 0 bridgehead atoms. The first-order chi connectivity index (χ1) is 9.68. The molecule has 1 N–H and O–H groups in total. The number of para-hydroxylation sites is 2. The van der Waals surface area contributed by atoms with Crippen LogP contribution >= 0.6 is 0 Å². The standard InChI is InChI=1S/C16H11NO3/c18-15-10-14(16(19)20)17(11-6-2-1-3-7-11)13-9-5-4-8-12(13)15/h1-10H,(H,19,20). The molecule has 0 fully saturated rings. The predicted octanol–water partition coefficient (Wildman–Crippen LogP) is 2.69. The van der Waals surface area contributed by atoms with E-state index in [4.69, 9.17) is 0 Å². The van der Waals surface area contributed by atoms with Crippen LogP contribution in [0.2, 0.25) is 0 Å². The lowest BCUT2D eigenvalue weighted by molar-refractivity contribution is 0.0688. The minimum absolute atomic E-state index is 0.0418. The van der Waals surface area contributed by atoms with Crippen molar-refractivity contribution >= 4 is 16.9 Å². The van der Waals surface area contributed by atoms with E-state index in [1.54, 1.807) is 28.8 Å². The van der Waals surface area contributed by atoms with E-state index in [-0.39, 0.29) is 11.1 Å². The van der Waals surface area contributed by atoms with E-state index in [1.165, 1.54) is 0 Å². The molecule has 0 aliphatic rings. The molecule has 0 saturated carbocycles. The van der Waals surface area contributed by atoms with Crippen molar-refractivity contribution in [3.05, 3.63) is 76.6 Å². The van der Waals surface area contributed by atoms with Crippen LogP contribution in [-0.4, -0.2) is 15.6 Å². The van der Waals surface area contributed by atoms with E-state index in [9.17, 15) is 14.7 Å². The van der Waals surface area contributed by atoms with E-state index in [2.05, 4.69) is 0 Å². The smallest absolute Gasteiger partial charge is 0.353 e. The number of fused-ring (bicyclic) bond motifs is 1. The number of carboxylic acid groups (broad SMARTS) is 1. The molecule has 1 aromatic heterocycles. The summed E-state index contributed by atoms with van der Waals surface area (Å²) in [5, 5.41) is 9.85. The summed E-state index contributed by atoms with van der Waals surface area (Å²) in [4.78, 5) is 23.4. The molecule has 98 valence electrons. The van der Waals surface area contributed by atoms with Gasteiger partial charge in [0.25, 0.3) is 0 Å². The minimum Gasteiger partial charge on any atom is -0.477 e. The summed E-state index contributed by atoms with van der Waals surface area (Å²) in [6, 6.07) is 17.3. The first-order valence-corrected chi connectivity index (χ1v) is 6.12. The summed E-state index contributed by atoms with van der Waals surface area (Å²) < 4.78 is 1.58. The topological polar surface area (TPSA) is 59.3 Å². The molecular weight excluding hydrogens is 254 g/mol. The van der Waals surface area contributed by atoms with Crippen LogP contribution in [-0.2, 0) is 0 Å². The van der Waals surface area contributed by atoms with Crippen molar-refractivity contribution in [1.82, 2.24) is 4.57 Å². The van der Waals surface area contributed by atoms with Gasteiger partial charge >= 0.3 is 5.97 Å². The Morgan fingerprint density at radius 2 is 1.60 bits per heavy atom. The van der Waals surface area contributed by atoms with Gasteiger partial charge in [-0.2, -0.15) is 0 Å². The predicted molar refractivity (Wildman–Crippen MR) is 76.5 cm³/mol. The Balaban J connectivity index is 2.50. The molecule has 0 saturated heterocycles. The summed E-state index contributed by atoms with van der Waals surface area (Å²) in [6.45, 7) is 0. The fraction of sp³-hybridized carbons (Fsp3) is 0. The normalized spacial score (nSPS) is 10.6. The highest BCUT2D eigenvalue weighted by Gasteiger charge is 2.15. The van der Waals surface area contributed by atoms with Crippen LogP contribution in [0, 0.1) is 0 Å². The second-order valence-corrected chi connectivity index (χ2v) is 4.39. The monoisotopic (exact) mass is 265 g/mol. The SMILES string of the molecule is O=C(O)c1cc(=O)c2ccccc2n1-c1ccccc1. The highest BCUT2D eigenvalue weighted by Crippen LogP contribution is 2.19. The second-order valence-electron chi connectivity index (χ2n) is 4.39. The van der Waals surface area contributed by atoms with Crippen molar-refractivity contribution < 1.29 is 9.90 Å². The van der Waals surface area contributed by atoms with Crippen molar-refractivity contribution in [3.63, 3.8) is 0 Å². The third kappa shape index (κ3) is 1.87. The second kappa shape index (κ2) is 4.66. The quantitative estimate of drug-likeness (QED) is 0.775. The molecule has 2 aromatic carbocycles. The van der Waals surface area contributed by atoms with E-state index in [1.807, 2.05) is 30.3 Å². The molecular formula is C16H11NO3. The van der Waals surface area contributed by atoms with Gasteiger partial charge < -0.3 is 9.67 Å². The van der Waals surface area contributed by atoms with Crippen LogP contribution in [0.25, 0.3) is 16.6 Å². The number of benzene rings is 2. The fourth-order valence-corrected chi connectivity index (χ4v) is 2.29. The highest BCUT2D eigenvalue weighted by atomic mass is 16.4. The maximum absolute atomic E-state index is 12.0. The van der Waals surface area contributed by atoms with Gasteiger partial charge in [0.2, 0.25) is 0 Å². The van der Waals surface area contributed by atoms with Gasteiger partial charge in [-0.15, -0.1) is 0 Å². The number of carbonyl (C=O) groups is 1. The Bertz CT molecular complexity index is 850. The number of hydrogen-bond donors (Lipinski definition) is 1. The van der Waals surface area contributed by atoms with E-state index in [0.29, 0.717) is 16.6 Å². The average molecular weight is 265 g/mol. The van der Waals surface area contributed by atoms with Gasteiger partial charge in [0, 0.05) is 17.1 Å². The summed E-state index contributed by atoms with van der Waals surface area (Å²) >= 11 is 0. The number of rotatable bonds is 2. The van der Waals surface area contributed by atoms with Crippen molar-refractivity contribution in [3.8, 4) is 5.69 Å². The zero-order valence-corrected chi connectivity index (χ0v) is 10.5. The number of carboxylic acids is 1. The minimum atomic E-state index is -1.13. The van der Waals surface area contributed by atoms with Crippen LogP contribution in [0.5, 0.6) is 0 Å². The molecule has 0 atom stereocenters. The van der Waals surface area contributed by atoms with E-state index >= 15 is 0 Å². The maximum atomic E-state index is 12.0. The number of aromatic nitrogens is 1. The van der Waals surface area contributed by atoms with Gasteiger partial charge in [0.05, 0.1) is 5.52 Å². The molecule has 4 nitrogen and oxygen atoms in total. The molecule has 0 aliphatic heterocycles. The lowest BCUT2D eigenvalue weighted by atomic mass is 10.1. The molecule has 4 heteroatoms. The van der Waals surface area contributed by atoms with E-state index in [0.717, 1.165) is 6.07 Å². The van der Waals surface area contributed by atoms with Crippen molar-refractivity contribution in [2.24, 2.45) is 0 Å². The van der Waals surface area contributed by atoms with Crippen LogP contribution in [0.3, 0.4) is 0 Å². The maximum Gasteiger partial charge on any atom is 0.353 e. The van der Waals surface area contributed by atoms with Gasteiger partial charge in [0.15, 0.2) is 5.43 Å². The zero-order chi connectivity index (χ0) is 14.1. The van der Waals surface area contributed by atoms with Gasteiger partial charge in [-0.25, -0.2) is 4.79 Å². The largest absolute Gasteiger partial charge is 0.477 e. The van der Waals surface area contributed by atoms with Crippen LogP contribution in [0.4, 0.5) is 0 Å². The summed E-state index contributed by atoms with van der Waals surface area (Å²) in [6.07, 6.45) is 0. The van der Waals surface area contributed by atoms with E-state index < -0.39 is 5.97 Å². The Hall–Kier alpha value is -2.88.